The molecule has 2 aromatic heterocycles. The second kappa shape index (κ2) is 6.29. The van der Waals surface area contributed by atoms with Crippen LogP contribution in [0.5, 0.6) is 0 Å². The normalized spacial score (nSPS) is 10.6. The zero-order valence-corrected chi connectivity index (χ0v) is 13.2. The molecule has 1 N–H and O–H groups in total. The maximum absolute atomic E-state index is 11.4. The molecule has 112 valence electrons. The lowest BCUT2D eigenvalue weighted by atomic mass is 10.1. The molecule has 1 aromatic carbocycles. The lowest BCUT2D eigenvalue weighted by molar-refractivity contribution is 0.0600. The number of methoxy groups -OCH3 is 1. The Kier molecular flexibility index (Phi) is 4.22. The summed E-state index contributed by atoms with van der Waals surface area (Å²) in [6.07, 6.45) is 0. The molecule has 0 spiro atoms. The molecule has 0 saturated carbocycles. The number of esters is 1. The maximum atomic E-state index is 11.4. The highest BCUT2D eigenvalue weighted by molar-refractivity contribution is 7.16. The minimum atomic E-state index is -0.345. The van der Waals surface area contributed by atoms with Gasteiger partial charge in [0.05, 0.1) is 18.1 Å². The summed E-state index contributed by atoms with van der Waals surface area (Å²) in [5, 5.41) is 6.36. The van der Waals surface area contributed by atoms with E-state index in [0.29, 0.717) is 17.9 Å². The third-order valence-corrected chi connectivity index (χ3v) is 4.11. The average molecular weight is 334 g/mol. The summed E-state index contributed by atoms with van der Waals surface area (Å²) in [5.74, 6) is 0.357. The highest BCUT2D eigenvalue weighted by Gasteiger charge is 2.08. The fraction of sp³-hybridized carbons (Fsp3) is 0.133. The Balaban J connectivity index is 1.76. The molecule has 0 aliphatic carbocycles. The van der Waals surface area contributed by atoms with Crippen LogP contribution in [-0.2, 0) is 11.3 Å². The highest BCUT2D eigenvalue weighted by Crippen LogP contribution is 2.26. The number of hydrogen-bond donors (Lipinski definition) is 1. The number of carbonyl (C=O) groups excluding carboxylic acids is 1. The molecule has 3 aromatic rings. The first-order valence-corrected chi connectivity index (χ1v) is 7.75. The molecule has 0 aliphatic heterocycles. The van der Waals surface area contributed by atoms with Crippen LogP contribution >= 0.6 is 22.9 Å². The smallest absolute Gasteiger partial charge is 0.337 e. The molecule has 0 bridgehead atoms. The monoisotopic (exact) mass is 333 g/mol. The molecule has 0 unspecified atom stereocenters. The molecule has 3 rings (SSSR count). The number of anilines is 1. The molecule has 0 saturated heterocycles. The van der Waals surface area contributed by atoms with E-state index in [0.717, 1.165) is 15.8 Å². The Hall–Kier alpha value is -2.18. The van der Waals surface area contributed by atoms with Gasteiger partial charge in [-0.25, -0.2) is 14.8 Å². The highest BCUT2D eigenvalue weighted by atomic mass is 35.5. The van der Waals surface area contributed by atoms with Crippen molar-refractivity contribution >= 4 is 44.9 Å². The van der Waals surface area contributed by atoms with Crippen LogP contribution in [0.25, 0.3) is 10.2 Å². The molecule has 22 heavy (non-hydrogen) atoms. The summed E-state index contributed by atoms with van der Waals surface area (Å²) in [5.41, 5.74) is 1.54. The first-order chi connectivity index (χ1) is 10.7. The topological polar surface area (TPSA) is 64.1 Å². The van der Waals surface area contributed by atoms with Gasteiger partial charge in [-0.1, -0.05) is 12.1 Å². The van der Waals surface area contributed by atoms with Gasteiger partial charge in [0, 0.05) is 6.54 Å². The molecular weight excluding hydrogens is 322 g/mol. The van der Waals surface area contributed by atoms with E-state index in [1.54, 1.807) is 12.1 Å². The van der Waals surface area contributed by atoms with Crippen molar-refractivity contribution in [1.29, 1.82) is 0 Å². The van der Waals surface area contributed by atoms with E-state index in [4.69, 9.17) is 11.6 Å². The average Bonchev–Trinajstić information content (AvgIpc) is 3.00. The number of halogens is 1. The van der Waals surface area contributed by atoms with E-state index < -0.39 is 0 Å². The van der Waals surface area contributed by atoms with Crippen LogP contribution in [0.2, 0.25) is 5.28 Å². The molecule has 0 aliphatic rings. The number of nitrogens with zero attached hydrogens (tertiary/aromatic N) is 2. The largest absolute Gasteiger partial charge is 0.465 e. The van der Waals surface area contributed by atoms with E-state index in [1.165, 1.54) is 18.4 Å². The lowest BCUT2D eigenvalue weighted by Gasteiger charge is -2.08. The fourth-order valence-electron chi connectivity index (χ4n) is 2.03. The first kappa shape index (κ1) is 14.7. The van der Waals surface area contributed by atoms with Crippen molar-refractivity contribution in [3.8, 4) is 0 Å². The molecule has 0 radical (unpaired) electrons. The molecule has 5 nitrogen and oxygen atoms in total. The van der Waals surface area contributed by atoms with Gasteiger partial charge < -0.3 is 10.1 Å². The number of ether oxygens (including phenoxy) is 1. The van der Waals surface area contributed by atoms with Gasteiger partial charge in [0.15, 0.2) is 0 Å². The Morgan fingerprint density at radius 1 is 1.27 bits per heavy atom. The van der Waals surface area contributed by atoms with Crippen LogP contribution in [0.1, 0.15) is 15.9 Å². The van der Waals surface area contributed by atoms with Crippen LogP contribution in [-0.4, -0.2) is 23.0 Å². The Morgan fingerprint density at radius 3 is 2.77 bits per heavy atom. The van der Waals surface area contributed by atoms with Gasteiger partial charge in [-0.15, -0.1) is 11.3 Å². The van der Waals surface area contributed by atoms with Crippen LogP contribution in [0.4, 0.5) is 5.82 Å². The van der Waals surface area contributed by atoms with Crippen LogP contribution in [0, 0.1) is 0 Å². The SMILES string of the molecule is COC(=O)c1ccc(CNc2nc(Cl)nc3sccc23)cc1. The third-order valence-electron chi connectivity index (χ3n) is 3.13. The van der Waals surface area contributed by atoms with Crippen molar-refractivity contribution in [1.82, 2.24) is 9.97 Å². The number of fused-ring (bicyclic) bond motifs is 1. The number of carbonyl (C=O) groups is 1. The minimum absolute atomic E-state index is 0.221. The second-order valence-corrected chi connectivity index (χ2v) is 5.76. The maximum Gasteiger partial charge on any atom is 0.337 e. The first-order valence-electron chi connectivity index (χ1n) is 6.49. The van der Waals surface area contributed by atoms with E-state index in [1.807, 2.05) is 23.6 Å². The van der Waals surface area contributed by atoms with Crippen molar-refractivity contribution in [3.05, 3.63) is 52.1 Å². The van der Waals surface area contributed by atoms with Crippen LogP contribution in [0.15, 0.2) is 35.7 Å². The number of hydrogen-bond acceptors (Lipinski definition) is 6. The van der Waals surface area contributed by atoms with Gasteiger partial charge in [-0.2, -0.15) is 0 Å². The Morgan fingerprint density at radius 2 is 2.05 bits per heavy atom. The summed E-state index contributed by atoms with van der Waals surface area (Å²) < 4.78 is 4.67. The number of nitrogens with one attached hydrogen (secondary N) is 1. The second-order valence-electron chi connectivity index (χ2n) is 4.52. The summed E-state index contributed by atoms with van der Waals surface area (Å²) in [7, 11) is 1.36. The van der Waals surface area contributed by atoms with E-state index >= 15 is 0 Å². The molecule has 0 amide bonds. The molecule has 7 heteroatoms. The quantitative estimate of drug-likeness (QED) is 0.582. The van der Waals surface area contributed by atoms with Crippen molar-refractivity contribution in [3.63, 3.8) is 0 Å². The summed E-state index contributed by atoms with van der Waals surface area (Å²) in [4.78, 5) is 20.6. The van der Waals surface area contributed by atoms with Crippen LogP contribution in [0.3, 0.4) is 0 Å². The van der Waals surface area contributed by atoms with Crippen molar-refractivity contribution < 1.29 is 9.53 Å². The summed E-state index contributed by atoms with van der Waals surface area (Å²) >= 11 is 7.45. The lowest BCUT2D eigenvalue weighted by Crippen LogP contribution is -2.04. The molecule has 0 atom stereocenters. The Bertz CT molecular complexity index is 817. The summed E-state index contributed by atoms with van der Waals surface area (Å²) in [6, 6.07) is 9.16. The number of thiophene rings is 1. The van der Waals surface area contributed by atoms with E-state index in [-0.39, 0.29) is 11.3 Å². The van der Waals surface area contributed by atoms with Crippen molar-refractivity contribution in [2.75, 3.05) is 12.4 Å². The zero-order chi connectivity index (χ0) is 15.5. The van der Waals surface area contributed by atoms with Gasteiger partial charge in [-0.05, 0) is 40.7 Å². The third kappa shape index (κ3) is 3.03. The molecule has 2 heterocycles. The van der Waals surface area contributed by atoms with Crippen molar-refractivity contribution in [2.24, 2.45) is 0 Å². The predicted octanol–water partition coefficient (Wildman–Crippen LogP) is 3.74. The van der Waals surface area contributed by atoms with Gasteiger partial charge in [-0.3, -0.25) is 0 Å². The number of aromatic nitrogens is 2. The predicted molar refractivity (Wildman–Crippen MR) is 87.5 cm³/mol. The number of benzene rings is 1. The van der Waals surface area contributed by atoms with Crippen molar-refractivity contribution in [2.45, 2.75) is 6.54 Å². The Labute approximate surface area is 135 Å². The van der Waals surface area contributed by atoms with Crippen LogP contribution < -0.4 is 5.32 Å². The van der Waals surface area contributed by atoms with E-state index in [2.05, 4.69) is 20.0 Å². The van der Waals surface area contributed by atoms with Gasteiger partial charge in [0.1, 0.15) is 10.6 Å². The standard InChI is InChI=1S/C15H12ClN3O2S/c1-21-14(20)10-4-2-9(3-5-10)8-17-12-11-6-7-22-13(11)19-15(16)18-12/h2-7H,8H2,1H3,(H,17,18,19). The van der Waals surface area contributed by atoms with Gasteiger partial charge in [0.25, 0.3) is 0 Å². The van der Waals surface area contributed by atoms with Gasteiger partial charge in [0.2, 0.25) is 5.28 Å². The van der Waals surface area contributed by atoms with E-state index in [9.17, 15) is 4.79 Å². The summed E-state index contributed by atoms with van der Waals surface area (Å²) in [6.45, 7) is 0.569. The zero-order valence-electron chi connectivity index (χ0n) is 11.7. The van der Waals surface area contributed by atoms with Gasteiger partial charge >= 0.3 is 5.97 Å². The number of rotatable bonds is 4. The fourth-order valence-corrected chi connectivity index (χ4v) is 3.01. The molecule has 0 fully saturated rings. The minimum Gasteiger partial charge on any atom is -0.465 e. The molecular formula is C15H12ClN3O2S.